The molecule has 0 aliphatic heterocycles. The van der Waals surface area contributed by atoms with Gasteiger partial charge in [-0.2, -0.15) is 0 Å². The Labute approximate surface area is 99.3 Å². The van der Waals surface area contributed by atoms with E-state index in [1.165, 1.54) is 5.56 Å². The van der Waals surface area contributed by atoms with E-state index >= 15 is 0 Å². The van der Waals surface area contributed by atoms with Crippen LogP contribution in [-0.4, -0.2) is 6.54 Å². The van der Waals surface area contributed by atoms with Gasteiger partial charge in [-0.05, 0) is 17.4 Å². The minimum atomic E-state index is 0.294. The summed E-state index contributed by atoms with van der Waals surface area (Å²) in [6.45, 7) is 7.37. The van der Waals surface area contributed by atoms with E-state index in [1.54, 1.807) is 0 Å². The maximum absolute atomic E-state index is 5.31. The molecule has 0 radical (unpaired) electrons. The standard InChI is InChI=1S/C15H21N/c1-5-11-16-14(12-15(2,3)4)13-9-7-6-8-10-13/h1,6-10,14,16H,11-12H2,2-4H3. The third kappa shape index (κ3) is 4.51. The van der Waals surface area contributed by atoms with Gasteiger partial charge in [-0.25, -0.2) is 0 Å². The molecule has 0 aliphatic carbocycles. The lowest BCUT2D eigenvalue weighted by atomic mass is 9.85. The molecule has 1 rings (SSSR count). The highest BCUT2D eigenvalue weighted by Crippen LogP contribution is 2.29. The molecule has 0 bridgehead atoms. The lowest BCUT2D eigenvalue weighted by Crippen LogP contribution is -2.26. The van der Waals surface area contributed by atoms with Crippen LogP contribution in [0.5, 0.6) is 0 Å². The first kappa shape index (κ1) is 12.8. The molecule has 0 saturated heterocycles. The van der Waals surface area contributed by atoms with Gasteiger partial charge in [0.2, 0.25) is 0 Å². The number of terminal acetylenes is 1. The Morgan fingerprint density at radius 1 is 1.25 bits per heavy atom. The molecule has 1 heteroatoms. The summed E-state index contributed by atoms with van der Waals surface area (Å²) in [5, 5.41) is 3.41. The van der Waals surface area contributed by atoms with Crippen molar-refractivity contribution in [2.45, 2.75) is 33.2 Å². The van der Waals surface area contributed by atoms with E-state index in [2.05, 4.69) is 56.3 Å². The van der Waals surface area contributed by atoms with Crippen LogP contribution in [0, 0.1) is 17.8 Å². The second-order valence-corrected chi connectivity index (χ2v) is 5.31. The lowest BCUT2D eigenvalue weighted by molar-refractivity contribution is 0.317. The zero-order chi connectivity index (χ0) is 12.0. The largest absolute Gasteiger partial charge is 0.299 e. The smallest absolute Gasteiger partial charge is 0.0578 e. The van der Waals surface area contributed by atoms with Gasteiger partial charge in [0.05, 0.1) is 6.54 Å². The summed E-state index contributed by atoms with van der Waals surface area (Å²) in [5.41, 5.74) is 1.61. The van der Waals surface area contributed by atoms with Crippen LogP contribution in [0.4, 0.5) is 0 Å². The fourth-order valence-electron chi connectivity index (χ4n) is 1.79. The van der Waals surface area contributed by atoms with Crippen molar-refractivity contribution >= 4 is 0 Å². The molecular weight excluding hydrogens is 194 g/mol. The summed E-state index contributed by atoms with van der Waals surface area (Å²) in [5.74, 6) is 2.64. The first-order valence-electron chi connectivity index (χ1n) is 5.75. The first-order chi connectivity index (χ1) is 7.53. The minimum Gasteiger partial charge on any atom is -0.299 e. The maximum Gasteiger partial charge on any atom is 0.0578 e. The van der Waals surface area contributed by atoms with Gasteiger partial charge in [0.1, 0.15) is 0 Å². The second-order valence-electron chi connectivity index (χ2n) is 5.31. The second kappa shape index (κ2) is 5.72. The molecule has 1 unspecified atom stereocenters. The van der Waals surface area contributed by atoms with Crippen LogP contribution in [-0.2, 0) is 0 Å². The van der Waals surface area contributed by atoms with Crippen LogP contribution >= 0.6 is 0 Å². The monoisotopic (exact) mass is 215 g/mol. The average molecular weight is 215 g/mol. The Balaban J connectivity index is 2.76. The molecule has 86 valence electrons. The van der Waals surface area contributed by atoms with Gasteiger partial charge in [0.25, 0.3) is 0 Å². The first-order valence-corrected chi connectivity index (χ1v) is 5.75. The quantitative estimate of drug-likeness (QED) is 0.759. The van der Waals surface area contributed by atoms with Crippen LogP contribution in [0.2, 0.25) is 0 Å². The molecule has 0 heterocycles. The molecule has 1 N–H and O–H groups in total. The Hall–Kier alpha value is -1.26. The zero-order valence-electron chi connectivity index (χ0n) is 10.5. The number of nitrogens with one attached hydrogen (secondary N) is 1. The molecule has 0 aromatic heterocycles. The summed E-state index contributed by atoms with van der Waals surface area (Å²) in [4.78, 5) is 0. The predicted molar refractivity (Wildman–Crippen MR) is 70.1 cm³/mol. The van der Waals surface area contributed by atoms with Crippen LogP contribution in [0.25, 0.3) is 0 Å². The highest BCUT2D eigenvalue weighted by Gasteiger charge is 2.19. The SMILES string of the molecule is C#CCNC(CC(C)(C)C)c1ccccc1. The van der Waals surface area contributed by atoms with E-state index in [-0.39, 0.29) is 0 Å². The van der Waals surface area contributed by atoms with Gasteiger partial charge >= 0.3 is 0 Å². The molecule has 0 amide bonds. The number of hydrogen-bond donors (Lipinski definition) is 1. The van der Waals surface area contributed by atoms with Gasteiger partial charge in [0.15, 0.2) is 0 Å². The predicted octanol–water partition coefficient (Wildman–Crippen LogP) is 3.39. The van der Waals surface area contributed by atoms with Gasteiger partial charge in [-0.1, -0.05) is 57.0 Å². The van der Waals surface area contributed by atoms with E-state index < -0.39 is 0 Å². The topological polar surface area (TPSA) is 12.0 Å². The third-order valence-electron chi connectivity index (χ3n) is 2.47. The molecule has 0 aliphatic rings. The number of benzene rings is 1. The summed E-state index contributed by atoms with van der Waals surface area (Å²) >= 11 is 0. The summed E-state index contributed by atoms with van der Waals surface area (Å²) < 4.78 is 0. The van der Waals surface area contributed by atoms with Gasteiger partial charge in [-0.3, -0.25) is 5.32 Å². The van der Waals surface area contributed by atoms with E-state index in [9.17, 15) is 0 Å². The Bertz CT molecular complexity index is 340. The molecule has 1 aromatic rings. The third-order valence-corrected chi connectivity index (χ3v) is 2.47. The zero-order valence-corrected chi connectivity index (χ0v) is 10.5. The van der Waals surface area contributed by atoms with Gasteiger partial charge in [0, 0.05) is 6.04 Å². The Kier molecular flexibility index (Phi) is 4.58. The molecular formula is C15H21N. The molecule has 1 nitrogen and oxygen atoms in total. The molecule has 16 heavy (non-hydrogen) atoms. The van der Waals surface area contributed by atoms with E-state index in [4.69, 9.17) is 6.42 Å². The van der Waals surface area contributed by atoms with Crippen molar-refractivity contribution in [3.63, 3.8) is 0 Å². The minimum absolute atomic E-state index is 0.294. The van der Waals surface area contributed by atoms with Crippen molar-refractivity contribution in [2.75, 3.05) is 6.54 Å². The van der Waals surface area contributed by atoms with Crippen molar-refractivity contribution < 1.29 is 0 Å². The van der Waals surface area contributed by atoms with Crippen LogP contribution < -0.4 is 5.32 Å². The van der Waals surface area contributed by atoms with Crippen molar-refractivity contribution in [3.8, 4) is 12.3 Å². The Morgan fingerprint density at radius 3 is 2.38 bits per heavy atom. The summed E-state index contributed by atoms with van der Waals surface area (Å²) in [6, 6.07) is 10.8. The van der Waals surface area contributed by atoms with E-state index in [0.29, 0.717) is 18.0 Å². The normalized spacial score (nSPS) is 13.1. The number of rotatable bonds is 4. The van der Waals surface area contributed by atoms with Crippen molar-refractivity contribution in [3.05, 3.63) is 35.9 Å². The molecule has 0 fully saturated rings. The van der Waals surface area contributed by atoms with Crippen molar-refractivity contribution in [1.82, 2.24) is 5.32 Å². The van der Waals surface area contributed by atoms with E-state index in [0.717, 1.165) is 6.42 Å². The van der Waals surface area contributed by atoms with Crippen molar-refractivity contribution in [1.29, 1.82) is 0 Å². The van der Waals surface area contributed by atoms with Crippen LogP contribution in [0.15, 0.2) is 30.3 Å². The fraction of sp³-hybridized carbons (Fsp3) is 0.467. The van der Waals surface area contributed by atoms with Gasteiger partial charge < -0.3 is 0 Å². The highest BCUT2D eigenvalue weighted by atomic mass is 14.9. The van der Waals surface area contributed by atoms with Gasteiger partial charge in [-0.15, -0.1) is 6.42 Å². The molecule has 0 saturated carbocycles. The van der Waals surface area contributed by atoms with Crippen molar-refractivity contribution in [2.24, 2.45) is 5.41 Å². The fourth-order valence-corrected chi connectivity index (χ4v) is 1.79. The van der Waals surface area contributed by atoms with E-state index in [1.807, 2.05) is 6.07 Å². The Morgan fingerprint density at radius 2 is 1.88 bits per heavy atom. The average Bonchev–Trinajstić information content (AvgIpc) is 2.24. The molecule has 1 aromatic carbocycles. The summed E-state index contributed by atoms with van der Waals surface area (Å²) in [7, 11) is 0. The van der Waals surface area contributed by atoms with Crippen LogP contribution in [0.1, 0.15) is 38.8 Å². The molecule has 1 atom stereocenters. The lowest BCUT2D eigenvalue weighted by Gasteiger charge is -2.26. The summed E-state index contributed by atoms with van der Waals surface area (Å²) in [6.07, 6.45) is 6.39. The number of hydrogen-bond acceptors (Lipinski definition) is 1. The maximum atomic E-state index is 5.31. The molecule has 0 spiro atoms. The van der Waals surface area contributed by atoms with Crippen LogP contribution in [0.3, 0.4) is 0 Å². The highest BCUT2D eigenvalue weighted by molar-refractivity contribution is 5.19.